The van der Waals surface area contributed by atoms with Crippen molar-refractivity contribution in [2.45, 2.75) is 38.2 Å². The lowest BCUT2D eigenvalue weighted by Crippen LogP contribution is -2.18. The Hall–Kier alpha value is -0.370. The van der Waals surface area contributed by atoms with Crippen LogP contribution in [-0.4, -0.2) is 11.2 Å². The first-order valence-corrected chi connectivity index (χ1v) is 4.57. The molecule has 62 valence electrons. The maximum absolute atomic E-state index is 5.45. The molecule has 0 aromatic rings. The molecule has 2 heteroatoms. The van der Waals surface area contributed by atoms with E-state index in [0.717, 1.165) is 12.8 Å². The Bertz CT molecular complexity index is 148. The average Bonchev–Trinajstić information content (AvgIpc) is 2.06. The van der Waals surface area contributed by atoms with Gasteiger partial charge in [0.15, 0.2) is 5.05 Å². The zero-order chi connectivity index (χ0) is 8.10. The molecule has 0 saturated heterocycles. The summed E-state index contributed by atoms with van der Waals surface area (Å²) in [6.45, 7) is 3.56. The van der Waals surface area contributed by atoms with Gasteiger partial charge in [-0.1, -0.05) is 13.0 Å². The van der Waals surface area contributed by atoms with Gasteiger partial charge in [0.2, 0.25) is 0 Å². The Morgan fingerprint density at radius 1 is 1.36 bits per heavy atom. The third-order valence-corrected chi connectivity index (χ3v) is 2.26. The summed E-state index contributed by atoms with van der Waals surface area (Å²) in [5.41, 5.74) is 0. The van der Waals surface area contributed by atoms with Crippen LogP contribution in [0, 0.1) is 0 Å². The summed E-state index contributed by atoms with van der Waals surface area (Å²) >= 11 is 4.90. The number of hydrogen-bond acceptors (Lipinski definition) is 2. The van der Waals surface area contributed by atoms with Crippen molar-refractivity contribution < 1.29 is 4.74 Å². The summed E-state index contributed by atoms with van der Waals surface area (Å²) in [5.74, 6) is 0. The first-order valence-electron chi connectivity index (χ1n) is 4.16. The van der Waals surface area contributed by atoms with Gasteiger partial charge < -0.3 is 4.74 Å². The zero-order valence-corrected chi connectivity index (χ0v) is 7.53. The summed E-state index contributed by atoms with van der Waals surface area (Å²) in [5, 5.41) is 0.553. The molecule has 1 rings (SSSR count). The summed E-state index contributed by atoms with van der Waals surface area (Å²) in [4.78, 5) is 0. The van der Waals surface area contributed by atoms with Crippen molar-refractivity contribution in [1.29, 1.82) is 0 Å². The highest BCUT2D eigenvalue weighted by atomic mass is 32.1. The van der Waals surface area contributed by atoms with Crippen molar-refractivity contribution in [3.63, 3.8) is 0 Å². The van der Waals surface area contributed by atoms with Gasteiger partial charge in [0.25, 0.3) is 0 Å². The molecule has 0 radical (unpaired) electrons. The lowest BCUT2D eigenvalue weighted by Gasteiger charge is -2.21. The van der Waals surface area contributed by atoms with Gasteiger partial charge in [0.05, 0.1) is 6.10 Å². The highest BCUT2D eigenvalue weighted by Gasteiger charge is 2.14. The highest BCUT2D eigenvalue weighted by molar-refractivity contribution is 7.80. The molecular weight excluding hydrogens is 156 g/mol. The fourth-order valence-electron chi connectivity index (χ4n) is 1.40. The predicted octanol–water partition coefficient (Wildman–Crippen LogP) is 2.85. The van der Waals surface area contributed by atoms with E-state index in [1.807, 2.05) is 0 Å². The maximum atomic E-state index is 5.45. The second-order valence-electron chi connectivity index (χ2n) is 2.90. The number of hydrogen-bond donors (Lipinski definition) is 0. The molecule has 0 aliphatic heterocycles. The van der Waals surface area contributed by atoms with Crippen LogP contribution in [0.3, 0.4) is 0 Å². The molecule has 0 spiro atoms. The van der Waals surface area contributed by atoms with Crippen LogP contribution in [0.5, 0.6) is 0 Å². The van der Waals surface area contributed by atoms with Crippen LogP contribution < -0.4 is 0 Å². The molecule has 0 amide bonds. The maximum Gasteiger partial charge on any atom is 0.183 e. The van der Waals surface area contributed by atoms with Crippen LogP contribution in [0.15, 0.2) is 12.7 Å². The summed E-state index contributed by atoms with van der Waals surface area (Å²) in [7, 11) is 0. The normalized spacial score (nSPS) is 19.3. The SMILES string of the molecule is C=CC(=S)OC1CCCCC1. The van der Waals surface area contributed by atoms with Crippen LogP contribution in [0.4, 0.5) is 0 Å². The average molecular weight is 170 g/mol. The molecule has 0 atom stereocenters. The third-order valence-electron chi connectivity index (χ3n) is 2.00. The molecule has 1 saturated carbocycles. The van der Waals surface area contributed by atoms with Crippen LogP contribution >= 0.6 is 12.2 Å². The number of ether oxygens (including phenoxy) is 1. The third kappa shape index (κ3) is 3.02. The monoisotopic (exact) mass is 170 g/mol. The molecule has 0 bridgehead atoms. The molecule has 1 nitrogen and oxygen atoms in total. The second-order valence-corrected chi connectivity index (χ2v) is 3.30. The van der Waals surface area contributed by atoms with Gasteiger partial charge in [0.1, 0.15) is 0 Å². The van der Waals surface area contributed by atoms with Crippen molar-refractivity contribution in [2.24, 2.45) is 0 Å². The highest BCUT2D eigenvalue weighted by Crippen LogP contribution is 2.20. The minimum atomic E-state index is 0.370. The molecular formula is C9H14OS. The fraction of sp³-hybridized carbons (Fsp3) is 0.667. The van der Waals surface area contributed by atoms with Gasteiger partial charge in [-0.2, -0.15) is 0 Å². The van der Waals surface area contributed by atoms with Crippen molar-refractivity contribution in [3.05, 3.63) is 12.7 Å². The Labute approximate surface area is 73.4 Å². The van der Waals surface area contributed by atoms with Crippen molar-refractivity contribution in [1.82, 2.24) is 0 Å². The van der Waals surface area contributed by atoms with Crippen molar-refractivity contribution in [2.75, 3.05) is 0 Å². The van der Waals surface area contributed by atoms with E-state index in [1.54, 1.807) is 6.08 Å². The van der Waals surface area contributed by atoms with E-state index in [-0.39, 0.29) is 0 Å². The van der Waals surface area contributed by atoms with E-state index in [0.29, 0.717) is 11.2 Å². The van der Waals surface area contributed by atoms with Gasteiger partial charge in [-0.3, -0.25) is 0 Å². The molecule has 11 heavy (non-hydrogen) atoms. The van der Waals surface area contributed by atoms with Gasteiger partial charge in [-0.25, -0.2) is 0 Å². The van der Waals surface area contributed by atoms with Gasteiger partial charge in [-0.15, -0.1) is 0 Å². The molecule has 1 aliphatic carbocycles. The van der Waals surface area contributed by atoms with Crippen molar-refractivity contribution in [3.8, 4) is 0 Å². The lowest BCUT2D eigenvalue weighted by molar-refractivity contribution is 0.149. The molecule has 1 fully saturated rings. The first-order chi connectivity index (χ1) is 5.33. The minimum absolute atomic E-state index is 0.370. The van der Waals surface area contributed by atoms with E-state index < -0.39 is 0 Å². The van der Waals surface area contributed by atoms with Crippen molar-refractivity contribution >= 4 is 17.3 Å². The molecule has 1 aliphatic rings. The molecule has 0 N–H and O–H groups in total. The second kappa shape index (κ2) is 4.50. The molecule has 0 unspecified atom stereocenters. The standard InChI is InChI=1S/C9H14OS/c1-2-9(11)10-8-6-4-3-5-7-8/h2,8H,1,3-7H2. The first kappa shape index (κ1) is 8.72. The molecule has 0 aromatic carbocycles. The van der Waals surface area contributed by atoms with E-state index in [4.69, 9.17) is 17.0 Å². The van der Waals surface area contributed by atoms with E-state index >= 15 is 0 Å². The smallest absolute Gasteiger partial charge is 0.183 e. The number of thiocarbonyl (C=S) groups is 1. The summed E-state index contributed by atoms with van der Waals surface area (Å²) in [6, 6.07) is 0. The van der Waals surface area contributed by atoms with E-state index in [2.05, 4.69) is 6.58 Å². The van der Waals surface area contributed by atoms with Crippen LogP contribution in [-0.2, 0) is 4.74 Å². The van der Waals surface area contributed by atoms with Crippen LogP contribution in [0.25, 0.3) is 0 Å². The Morgan fingerprint density at radius 3 is 2.55 bits per heavy atom. The topological polar surface area (TPSA) is 9.23 Å². The lowest BCUT2D eigenvalue weighted by atomic mass is 9.98. The summed E-state index contributed by atoms with van der Waals surface area (Å²) < 4.78 is 5.45. The van der Waals surface area contributed by atoms with E-state index in [1.165, 1.54) is 19.3 Å². The van der Waals surface area contributed by atoms with Crippen LogP contribution in [0.1, 0.15) is 32.1 Å². The minimum Gasteiger partial charge on any atom is -0.480 e. The molecule has 0 aromatic heterocycles. The van der Waals surface area contributed by atoms with E-state index in [9.17, 15) is 0 Å². The van der Waals surface area contributed by atoms with Gasteiger partial charge >= 0.3 is 0 Å². The van der Waals surface area contributed by atoms with Gasteiger partial charge in [-0.05, 0) is 44.0 Å². The predicted molar refractivity (Wildman–Crippen MR) is 50.8 cm³/mol. The number of rotatable bonds is 2. The quantitative estimate of drug-likeness (QED) is 0.465. The molecule has 0 heterocycles. The largest absolute Gasteiger partial charge is 0.480 e. The van der Waals surface area contributed by atoms with Crippen LogP contribution in [0.2, 0.25) is 0 Å². The fourth-order valence-corrected chi connectivity index (χ4v) is 1.53. The zero-order valence-electron chi connectivity index (χ0n) is 6.71. The Kier molecular flexibility index (Phi) is 3.57. The van der Waals surface area contributed by atoms with Gasteiger partial charge in [0, 0.05) is 0 Å². The summed E-state index contributed by atoms with van der Waals surface area (Å²) in [6.07, 6.45) is 8.20. The Balaban J connectivity index is 2.24. The Morgan fingerprint density at radius 2 is 2.00 bits per heavy atom.